The molecule has 0 aromatic heterocycles. The number of hydrogen-bond acceptors (Lipinski definition) is 4. The zero-order chi connectivity index (χ0) is 16.2. The van der Waals surface area contributed by atoms with Gasteiger partial charge < -0.3 is 9.84 Å². The van der Waals surface area contributed by atoms with E-state index in [0.717, 1.165) is 25.9 Å². The molecule has 3 aliphatic rings. The van der Waals surface area contributed by atoms with E-state index in [1.807, 2.05) is 12.1 Å². The Morgan fingerprint density at radius 3 is 3.00 bits per heavy atom. The predicted molar refractivity (Wildman–Crippen MR) is 87.3 cm³/mol. The number of benzene rings is 1. The first-order chi connectivity index (χ1) is 11.0. The first-order valence-corrected chi connectivity index (χ1v) is 8.42. The zero-order valence-electron chi connectivity index (χ0n) is 13.7. The summed E-state index contributed by atoms with van der Waals surface area (Å²) < 4.78 is 5.32. The lowest BCUT2D eigenvalue weighted by Crippen LogP contribution is -2.59. The van der Waals surface area contributed by atoms with E-state index in [2.05, 4.69) is 24.8 Å². The number of piperidine rings is 1. The van der Waals surface area contributed by atoms with Gasteiger partial charge >= 0.3 is 5.97 Å². The molecule has 0 radical (unpaired) electrons. The van der Waals surface area contributed by atoms with Crippen LogP contribution in [-0.4, -0.2) is 41.2 Å². The van der Waals surface area contributed by atoms with Gasteiger partial charge in [0.2, 0.25) is 0 Å². The van der Waals surface area contributed by atoms with Crippen LogP contribution in [0.2, 0.25) is 0 Å². The van der Waals surface area contributed by atoms with Crippen molar-refractivity contribution in [2.45, 2.75) is 44.2 Å². The lowest BCUT2D eigenvalue weighted by Gasteiger charge is -2.54. The maximum absolute atomic E-state index is 11.3. The highest BCUT2D eigenvalue weighted by Crippen LogP contribution is 2.49. The average molecular weight is 313 g/mol. The number of aromatic hydroxyl groups is 1. The number of ether oxygens (including phenoxy) is 1. The van der Waals surface area contributed by atoms with E-state index in [1.165, 1.54) is 17.2 Å². The summed E-state index contributed by atoms with van der Waals surface area (Å²) in [6.45, 7) is 6.43. The third-order valence-electron chi connectivity index (χ3n) is 6.24. The molecule has 2 bridgehead atoms. The number of cyclic esters (lactones) is 1. The van der Waals surface area contributed by atoms with Gasteiger partial charge in [-0.2, -0.15) is 0 Å². The van der Waals surface area contributed by atoms with E-state index >= 15 is 0 Å². The summed E-state index contributed by atoms with van der Waals surface area (Å²) in [7, 11) is 0. The largest absolute Gasteiger partial charge is 0.508 e. The second-order valence-electron chi connectivity index (χ2n) is 7.40. The van der Waals surface area contributed by atoms with E-state index < -0.39 is 0 Å². The van der Waals surface area contributed by atoms with E-state index in [-0.39, 0.29) is 17.5 Å². The van der Waals surface area contributed by atoms with Crippen molar-refractivity contribution in [3.05, 3.63) is 41.5 Å². The third-order valence-corrected chi connectivity index (χ3v) is 6.24. The maximum atomic E-state index is 11.3. The Balaban J connectivity index is 1.62. The van der Waals surface area contributed by atoms with Crippen LogP contribution in [0.4, 0.5) is 0 Å². The lowest BCUT2D eigenvalue weighted by atomic mass is 9.59. The highest BCUT2D eigenvalue weighted by molar-refractivity contribution is 5.84. The first-order valence-electron chi connectivity index (χ1n) is 8.42. The van der Waals surface area contributed by atoms with Crippen LogP contribution in [0.5, 0.6) is 5.75 Å². The van der Waals surface area contributed by atoms with Crippen molar-refractivity contribution < 1.29 is 14.6 Å². The van der Waals surface area contributed by atoms with E-state index in [9.17, 15) is 9.90 Å². The highest BCUT2D eigenvalue weighted by Gasteiger charge is 2.48. The van der Waals surface area contributed by atoms with Crippen molar-refractivity contribution in [1.29, 1.82) is 0 Å². The molecule has 1 saturated heterocycles. The Kier molecular flexibility index (Phi) is 3.27. The van der Waals surface area contributed by atoms with Crippen LogP contribution < -0.4 is 0 Å². The molecule has 122 valence electrons. The number of fused-ring (bicyclic) bond motifs is 4. The number of nitrogens with zero attached hydrogens (tertiary/aromatic N) is 1. The fraction of sp³-hybridized carbons (Fsp3) is 0.526. The standard InChI is InChI=1S/C19H23NO3/c1-12-17-9-13-3-4-14(21)10-16(13)19(12,2)7-8-20(17)11-15-5-6-18(22)23-15/h3-6,10,12,15,17,21H,7-9,11H2,1-2H3/t12-,15+,17+,19-/m0/s1. The zero-order valence-corrected chi connectivity index (χ0v) is 13.7. The van der Waals surface area contributed by atoms with Crippen LogP contribution in [0.1, 0.15) is 31.4 Å². The summed E-state index contributed by atoms with van der Waals surface area (Å²) in [6, 6.07) is 6.28. The molecule has 4 heteroatoms. The molecule has 1 aliphatic carbocycles. The Bertz CT molecular complexity index is 683. The maximum Gasteiger partial charge on any atom is 0.331 e. The second kappa shape index (κ2) is 5.10. The number of likely N-dealkylation sites (tertiary alicyclic amines) is 1. The van der Waals surface area contributed by atoms with Crippen molar-refractivity contribution in [3.8, 4) is 5.75 Å². The summed E-state index contributed by atoms with van der Waals surface area (Å²) in [5.74, 6) is 0.641. The van der Waals surface area contributed by atoms with Crippen LogP contribution in [0.3, 0.4) is 0 Å². The normalized spacial score (nSPS) is 35.9. The minimum Gasteiger partial charge on any atom is -0.508 e. The van der Waals surface area contributed by atoms with E-state index in [0.29, 0.717) is 17.7 Å². The fourth-order valence-corrected chi connectivity index (χ4v) is 4.67. The van der Waals surface area contributed by atoms with E-state index in [1.54, 1.807) is 6.07 Å². The van der Waals surface area contributed by atoms with Crippen molar-refractivity contribution in [3.63, 3.8) is 0 Å². The molecular formula is C19H23NO3. The Hall–Kier alpha value is -1.81. The monoisotopic (exact) mass is 313 g/mol. The van der Waals surface area contributed by atoms with Gasteiger partial charge in [0.05, 0.1) is 0 Å². The molecule has 4 rings (SSSR count). The molecular weight excluding hydrogens is 290 g/mol. The van der Waals surface area contributed by atoms with Crippen LogP contribution in [0, 0.1) is 5.92 Å². The van der Waals surface area contributed by atoms with Gasteiger partial charge in [-0.3, -0.25) is 4.90 Å². The minimum atomic E-state index is -0.227. The van der Waals surface area contributed by atoms with Gasteiger partial charge in [-0.25, -0.2) is 4.79 Å². The minimum absolute atomic E-state index is 0.107. The SMILES string of the molecule is C[C@H]1[C@H]2Cc3ccc(O)cc3[C@@]1(C)CCN2C[C@H]1C=CC(=O)O1. The van der Waals surface area contributed by atoms with Crippen LogP contribution in [0.25, 0.3) is 0 Å². The number of carbonyl (C=O) groups excluding carboxylic acids is 1. The van der Waals surface area contributed by atoms with Gasteiger partial charge in [0.25, 0.3) is 0 Å². The summed E-state index contributed by atoms with van der Waals surface area (Å²) in [6.07, 6.45) is 5.35. The summed E-state index contributed by atoms with van der Waals surface area (Å²) in [5, 5.41) is 9.89. The topological polar surface area (TPSA) is 49.8 Å². The molecule has 4 atom stereocenters. The van der Waals surface area contributed by atoms with E-state index in [4.69, 9.17) is 4.74 Å². The molecule has 23 heavy (non-hydrogen) atoms. The van der Waals surface area contributed by atoms with Gasteiger partial charge in [-0.15, -0.1) is 0 Å². The molecule has 1 aromatic carbocycles. The Labute approximate surface area is 136 Å². The summed E-state index contributed by atoms with van der Waals surface area (Å²) in [5.41, 5.74) is 2.76. The molecule has 1 fully saturated rings. The van der Waals surface area contributed by atoms with Gasteiger partial charge in [0, 0.05) is 18.7 Å². The highest BCUT2D eigenvalue weighted by atomic mass is 16.5. The second-order valence-corrected chi connectivity index (χ2v) is 7.40. The van der Waals surface area contributed by atoms with Crippen molar-refractivity contribution >= 4 is 5.97 Å². The average Bonchev–Trinajstić information content (AvgIpc) is 2.92. The van der Waals surface area contributed by atoms with Crippen molar-refractivity contribution in [2.75, 3.05) is 13.1 Å². The van der Waals surface area contributed by atoms with Crippen LogP contribution >= 0.6 is 0 Å². The smallest absolute Gasteiger partial charge is 0.331 e. The van der Waals surface area contributed by atoms with Gasteiger partial charge in [0.15, 0.2) is 0 Å². The summed E-state index contributed by atoms with van der Waals surface area (Å²) >= 11 is 0. The Morgan fingerprint density at radius 2 is 2.26 bits per heavy atom. The number of rotatable bonds is 2. The van der Waals surface area contributed by atoms with Gasteiger partial charge in [0.1, 0.15) is 11.9 Å². The quantitative estimate of drug-likeness (QED) is 0.852. The Morgan fingerprint density at radius 1 is 1.43 bits per heavy atom. The van der Waals surface area contributed by atoms with Crippen LogP contribution in [0.15, 0.2) is 30.4 Å². The molecule has 2 heterocycles. The number of hydrogen-bond donors (Lipinski definition) is 1. The van der Waals surface area contributed by atoms with Crippen LogP contribution in [-0.2, 0) is 21.4 Å². The number of phenols is 1. The summed E-state index contributed by atoms with van der Waals surface area (Å²) in [4.78, 5) is 13.8. The molecule has 1 N–H and O–H groups in total. The molecule has 0 unspecified atom stereocenters. The van der Waals surface area contributed by atoms with Gasteiger partial charge in [-0.1, -0.05) is 19.9 Å². The molecule has 0 spiro atoms. The number of esters is 1. The predicted octanol–water partition coefficient (Wildman–Crippen LogP) is 2.40. The van der Waals surface area contributed by atoms with Gasteiger partial charge in [-0.05, 0) is 60.1 Å². The molecule has 4 nitrogen and oxygen atoms in total. The van der Waals surface area contributed by atoms with Crippen molar-refractivity contribution in [2.24, 2.45) is 5.92 Å². The first kappa shape index (κ1) is 14.8. The fourth-order valence-electron chi connectivity index (χ4n) is 4.67. The molecule has 0 amide bonds. The van der Waals surface area contributed by atoms with Crippen molar-refractivity contribution in [1.82, 2.24) is 4.90 Å². The molecule has 0 saturated carbocycles. The molecule has 2 aliphatic heterocycles. The molecule has 1 aromatic rings. The number of phenolic OH excluding ortho intramolecular Hbond substituents is 1. The third kappa shape index (κ3) is 2.27. The number of carbonyl (C=O) groups is 1. The lowest BCUT2D eigenvalue weighted by molar-refractivity contribution is -0.140.